The zero-order chi connectivity index (χ0) is 11.3. The van der Waals surface area contributed by atoms with Gasteiger partial charge in [-0.25, -0.2) is 0 Å². The van der Waals surface area contributed by atoms with Crippen LogP contribution < -0.4 is 0 Å². The standard InChI is InChI=1S/C11H17NO3/c1-10-4-3-5-11(8(10)13,9(14)15)7-12(2)6-10/h3-7H2,1-2H3,(H,14,15). The second-order valence-corrected chi connectivity index (χ2v) is 5.30. The number of hydrogen-bond donors (Lipinski definition) is 1. The molecule has 0 radical (unpaired) electrons. The van der Waals surface area contributed by atoms with Crippen LogP contribution in [0.5, 0.6) is 0 Å². The molecule has 1 saturated carbocycles. The van der Waals surface area contributed by atoms with Gasteiger partial charge in [0.25, 0.3) is 0 Å². The molecule has 0 amide bonds. The van der Waals surface area contributed by atoms with Gasteiger partial charge in [-0.3, -0.25) is 9.59 Å². The van der Waals surface area contributed by atoms with Crippen molar-refractivity contribution >= 4 is 11.8 Å². The molecule has 2 bridgehead atoms. The van der Waals surface area contributed by atoms with Gasteiger partial charge in [0.05, 0.1) is 0 Å². The molecule has 1 N–H and O–H groups in total. The molecule has 2 atom stereocenters. The van der Waals surface area contributed by atoms with Crippen LogP contribution in [0.4, 0.5) is 0 Å². The lowest BCUT2D eigenvalue weighted by Gasteiger charge is -2.50. The number of carboxylic acid groups (broad SMARTS) is 1. The second kappa shape index (κ2) is 3.04. The number of carboxylic acids is 1. The average molecular weight is 211 g/mol. The number of carbonyl (C=O) groups excluding carboxylic acids is 1. The Balaban J connectivity index is 2.44. The highest BCUT2D eigenvalue weighted by atomic mass is 16.4. The number of likely N-dealkylation sites (tertiary alicyclic amines) is 1. The lowest BCUT2D eigenvalue weighted by atomic mass is 9.59. The third kappa shape index (κ3) is 1.31. The molecular formula is C11H17NO3. The summed E-state index contributed by atoms with van der Waals surface area (Å²) in [5.74, 6) is -0.989. The van der Waals surface area contributed by atoms with Crippen molar-refractivity contribution in [2.24, 2.45) is 10.8 Å². The number of ketones is 1. The fourth-order valence-electron chi connectivity index (χ4n) is 3.27. The second-order valence-electron chi connectivity index (χ2n) is 5.30. The Morgan fingerprint density at radius 2 is 2.07 bits per heavy atom. The van der Waals surface area contributed by atoms with Crippen LogP contribution in [-0.4, -0.2) is 41.9 Å². The van der Waals surface area contributed by atoms with Crippen LogP contribution in [0.3, 0.4) is 0 Å². The average Bonchev–Trinajstić information content (AvgIpc) is 2.09. The Morgan fingerprint density at radius 1 is 1.40 bits per heavy atom. The highest BCUT2D eigenvalue weighted by molar-refractivity contribution is 6.07. The van der Waals surface area contributed by atoms with Gasteiger partial charge in [0.15, 0.2) is 5.78 Å². The molecule has 84 valence electrons. The molecular weight excluding hydrogens is 194 g/mol. The number of aliphatic carboxylic acids is 1. The third-order valence-corrected chi connectivity index (χ3v) is 3.88. The summed E-state index contributed by atoms with van der Waals surface area (Å²) in [5, 5.41) is 9.30. The van der Waals surface area contributed by atoms with Crippen molar-refractivity contribution in [3.63, 3.8) is 0 Å². The van der Waals surface area contributed by atoms with E-state index in [1.54, 1.807) is 0 Å². The first-order valence-electron chi connectivity index (χ1n) is 5.38. The molecule has 2 unspecified atom stereocenters. The zero-order valence-electron chi connectivity index (χ0n) is 9.25. The van der Waals surface area contributed by atoms with Crippen molar-refractivity contribution in [3.05, 3.63) is 0 Å². The monoisotopic (exact) mass is 211 g/mol. The van der Waals surface area contributed by atoms with Crippen molar-refractivity contribution in [1.29, 1.82) is 0 Å². The van der Waals surface area contributed by atoms with Gasteiger partial charge >= 0.3 is 5.97 Å². The molecule has 0 aromatic carbocycles. The van der Waals surface area contributed by atoms with Gasteiger partial charge in [-0.05, 0) is 19.9 Å². The largest absolute Gasteiger partial charge is 0.480 e. The first kappa shape index (κ1) is 10.6. The minimum Gasteiger partial charge on any atom is -0.480 e. The predicted molar refractivity (Wildman–Crippen MR) is 54.5 cm³/mol. The highest BCUT2D eigenvalue weighted by Crippen LogP contribution is 2.47. The van der Waals surface area contributed by atoms with Gasteiger partial charge in [0.2, 0.25) is 0 Å². The Morgan fingerprint density at radius 3 is 2.67 bits per heavy atom. The van der Waals surface area contributed by atoms with Gasteiger partial charge in [0.1, 0.15) is 5.41 Å². The SMILES string of the molecule is CN1CC2(C)CCCC(C(=O)O)(C1)C2=O. The number of Topliss-reactive ketones (excluding diaryl/α,β-unsaturated/α-hetero) is 1. The quantitative estimate of drug-likeness (QED) is 0.651. The summed E-state index contributed by atoms with van der Waals surface area (Å²) in [7, 11) is 1.90. The normalized spacial score (nSPS) is 41.6. The van der Waals surface area contributed by atoms with Crippen LogP contribution in [0.2, 0.25) is 0 Å². The van der Waals surface area contributed by atoms with Gasteiger partial charge in [-0.15, -0.1) is 0 Å². The summed E-state index contributed by atoms with van der Waals surface area (Å²) in [6.07, 6.45) is 2.18. The molecule has 2 rings (SSSR count). The van der Waals surface area contributed by atoms with E-state index >= 15 is 0 Å². The maximum absolute atomic E-state index is 12.2. The first-order valence-corrected chi connectivity index (χ1v) is 5.38. The number of hydrogen-bond acceptors (Lipinski definition) is 3. The van der Waals surface area contributed by atoms with E-state index in [1.165, 1.54) is 0 Å². The predicted octanol–water partition coefficient (Wildman–Crippen LogP) is 0.762. The maximum Gasteiger partial charge on any atom is 0.318 e. The zero-order valence-corrected chi connectivity index (χ0v) is 9.25. The fourth-order valence-corrected chi connectivity index (χ4v) is 3.27. The topological polar surface area (TPSA) is 57.6 Å². The van der Waals surface area contributed by atoms with Gasteiger partial charge in [-0.1, -0.05) is 13.3 Å². The number of rotatable bonds is 1. The summed E-state index contributed by atoms with van der Waals surface area (Å²) < 4.78 is 0. The summed E-state index contributed by atoms with van der Waals surface area (Å²) >= 11 is 0. The molecule has 4 heteroatoms. The van der Waals surface area contributed by atoms with E-state index in [-0.39, 0.29) is 5.78 Å². The van der Waals surface area contributed by atoms with Gasteiger partial charge < -0.3 is 10.0 Å². The molecule has 2 fully saturated rings. The van der Waals surface area contributed by atoms with Crippen LogP contribution in [0.15, 0.2) is 0 Å². The van der Waals surface area contributed by atoms with Crippen LogP contribution >= 0.6 is 0 Å². The number of fused-ring (bicyclic) bond motifs is 2. The van der Waals surface area contributed by atoms with E-state index in [9.17, 15) is 14.7 Å². The molecule has 0 aromatic rings. The molecule has 1 heterocycles. The molecule has 1 aliphatic heterocycles. The molecule has 4 nitrogen and oxygen atoms in total. The van der Waals surface area contributed by atoms with Crippen molar-refractivity contribution in [2.45, 2.75) is 26.2 Å². The molecule has 2 aliphatic rings. The smallest absolute Gasteiger partial charge is 0.318 e. The Kier molecular flexibility index (Phi) is 2.15. The van der Waals surface area contributed by atoms with Crippen molar-refractivity contribution in [2.75, 3.05) is 20.1 Å². The van der Waals surface area contributed by atoms with Crippen LogP contribution in [-0.2, 0) is 9.59 Å². The van der Waals surface area contributed by atoms with Crippen molar-refractivity contribution < 1.29 is 14.7 Å². The van der Waals surface area contributed by atoms with Gasteiger partial charge in [-0.2, -0.15) is 0 Å². The lowest BCUT2D eigenvalue weighted by molar-refractivity contribution is -0.170. The van der Waals surface area contributed by atoms with E-state index in [2.05, 4.69) is 0 Å². The van der Waals surface area contributed by atoms with E-state index < -0.39 is 16.8 Å². The number of piperidine rings is 1. The van der Waals surface area contributed by atoms with Crippen LogP contribution in [0.1, 0.15) is 26.2 Å². The Hall–Kier alpha value is -0.900. The Bertz CT molecular complexity index is 328. The molecule has 1 saturated heterocycles. The van der Waals surface area contributed by atoms with Gasteiger partial charge in [0, 0.05) is 18.5 Å². The van der Waals surface area contributed by atoms with Crippen LogP contribution in [0, 0.1) is 10.8 Å². The number of carbonyl (C=O) groups is 2. The summed E-state index contributed by atoms with van der Waals surface area (Å²) in [6, 6.07) is 0. The van der Waals surface area contributed by atoms with E-state index in [0.717, 1.165) is 12.8 Å². The first-order chi connectivity index (χ1) is 6.91. The fraction of sp³-hybridized carbons (Fsp3) is 0.818. The molecule has 1 aliphatic carbocycles. The Labute approximate surface area is 89.3 Å². The minimum absolute atomic E-state index is 0.0492. The lowest BCUT2D eigenvalue weighted by Crippen LogP contribution is -2.63. The molecule has 0 spiro atoms. The van der Waals surface area contributed by atoms with Crippen molar-refractivity contribution in [3.8, 4) is 0 Å². The minimum atomic E-state index is -1.12. The van der Waals surface area contributed by atoms with E-state index in [1.807, 2.05) is 18.9 Å². The number of nitrogens with zero attached hydrogens (tertiary/aromatic N) is 1. The van der Waals surface area contributed by atoms with E-state index in [4.69, 9.17) is 0 Å². The summed E-state index contributed by atoms with van der Waals surface area (Å²) in [4.78, 5) is 25.5. The van der Waals surface area contributed by atoms with Crippen LogP contribution in [0.25, 0.3) is 0 Å². The van der Waals surface area contributed by atoms with Crippen molar-refractivity contribution in [1.82, 2.24) is 4.90 Å². The highest BCUT2D eigenvalue weighted by Gasteiger charge is 2.59. The summed E-state index contributed by atoms with van der Waals surface area (Å²) in [6.45, 7) is 2.97. The third-order valence-electron chi connectivity index (χ3n) is 3.88. The van der Waals surface area contributed by atoms with E-state index in [0.29, 0.717) is 19.5 Å². The maximum atomic E-state index is 12.2. The summed E-state index contributed by atoms with van der Waals surface area (Å²) in [5.41, 5.74) is -1.57. The molecule has 0 aromatic heterocycles. The molecule has 15 heavy (non-hydrogen) atoms.